The standard InChI is InChI=1S/C25H33BrN2O3S/c1-17-13-18(2)25(19(3)14-17)32(30,31)28(23-11-6-5-7-12-23)16-24(29)27-20(4)21-9-8-10-22(26)15-21/h8-10,13-15,20,23H,5-7,11-12,16H2,1-4H3,(H,27,29)/t20-/m0/s1. The highest BCUT2D eigenvalue weighted by Gasteiger charge is 2.36. The maximum atomic E-state index is 13.9. The Bertz CT molecular complexity index is 1060. The Morgan fingerprint density at radius 1 is 1.09 bits per heavy atom. The second-order valence-corrected chi connectivity index (χ2v) is 11.7. The van der Waals surface area contributed by atoms with Crippen LogP contribution in [0.1, 0.15) is 67.3 Å². The van der Waals surface area contributed by atoms with Crippen molar-refractivity contribution in [3.8, 4) is 0 Å². The molecule has 0 heterocycles. The molecule has 5 nitrogen and oxygen atoms in total. The topological polar surface area (TPSA) is 66.5 Å². The van der Waals surface area contributed by atoms with Crippen LogP contribution in [0.2, 0.25) is 0 Å². The van der Waals surface area contributed by atoms with Gasteiger partial charge in [-0.2, -0.15) is 4.31 Å². The van der Waals surface area contributed by atoms with Crippen LogP contribution in [0.5, 0.6) is 0 Å². The van der Waals surface area contributed by atoms with E-state index in [-0.39, 0.29) is 24.5 Å². The molecule has 0 bridgehead atoms. The molecule has 2 aromatic carbocycles. The van der Waals surface area contributed by atoms with Crippen molar-refractivity contribution in [2.45, 2.75) is 76.8 Å². The van der Waals surface area contributed by atoms with Gasteiger partial charge in [-0.05, 0) is 69.4 Å². The number of amides is 1. The van der Waals surface area contributed by atoms with E-state index in [1.54, 1.807) is 0 Å². The van der Waals surface area contributed by atoms with E-state index in [2.05, 4.69) is 21.2 Å². The number of benzene rings is 2. The Kier molecular flexibility index (Phi) is 8.17. The molecule has 1 fully saturated rings. The van der Waals surface area contributed by atoms with Crippen LogP contribution in [0.3, 0.4) is 0 Å². The average molecular weight is 522 g/mol. The van der Waals surface area contributed by atoms with E-state index in [1.807, 2.05) is 64.1 Å². The van der Waals surface area contributed by atoms with Gasteiger partial charge in [0.2, 0.25) is 15.9 Å². The summed E-state index contributed by atoms with van der Waals surface area (Å²) in [7, 11) is -3.82. The van der Waals surface area contributed by atoms with Crippen LogP contribution in [0, 0.1) is 20.8 Å². The SMILES string of the molecule is Cc1cc(C)c(S(=O)(=O)N(CC(=O)N[C@@H](C)c2cccc(Br)c2)C2CCCCC2)c(C)c1. The summed E-state index contributed by atoms with van der Waals surface area (Å²) in [5.41, 5.74) is 3.45. The van der Waals surface area contributed by atoms with Gasteiger partial charge in [0, 0.05) is 10.5 Å². The molecule has 0 aliphatic heterocycles. The third-order valence-electron chi connectivity index (χ3n) is 6.18. The van der Waals surface area contributed by atoms with E-state index in [9.17, 15) is 13.2 Å². The minimum atomic E-state index is -3.82. The zero-order valence-electron chi connectivity index (χ0n) is 19.3. The van der Waals surface area contributed by atoms with Crippen LogP contribution in [-0.4, -0.2) is 31.2 Å². The van der Waals surface area contributed by atoms with Gasteiger partial charge >= 0.3 is 0 Å². The number of halogens is 1. The largest absolute Gasteiger partial charge is 0.348 e. The Morgan fingerprint density at radius 2 is 1.72 bits per heavy atom. The molecule has 7 heteroatoms. The van der Waals surface area contributed by atoms with Gasteiger partial charge in [0.25, 0.3) is 0 Å². The van der Waals surface area contributed by atoms with Gasteiger partial charge in [0.15, 0.2) is 0 Å². The van der Waals surface area contributed by atoms with Crippen LogP contribution in [0.4, 0.5) is 0 Å². The number of aryl methyl sites for hydroxylation is 3. The monoisotopic (exact) mass is 520 g/mol. The van der Waals surface area contributed by atoms with E-state index in [0.29, 0.717) is 4.90 Å². The van der Waals surface area contributed by atoms with E-state index >= 15 is 0 Å². The van der Waals surface area contributed by atoms with Crippen molar-refractivity contribution >= 4 is 31.9 Å². The molecule has 1 aliphatic carbocycles. The van der Waals surface area contributed by atoms with Crippen molar-refractivity contribution < 1.29 is 13.2 Å². The number of hydrogen-bond acceptors (Lipinski definition) is 3. The number of rotatable bonds is 7. The Morgan fingerprint density at radius 3 is 2.31 bits per heavy atom. The fourth-order valence-corrected chi connectivity index (χ4v) is 7.23. The second kappa shape index (κ2) is 10.5. The smallest absolute Gasteiger partial charge is 0.244 e. The Labute approximate surface area is 200 Å². The summed E-state index contributed by atoms with van der Waals surface area (Å²) in [5, 5.41) is 2.99. The molecule has 0 aromatic heterocycles. The average Bonchev–Trinajstić information content (AvgIpc) is 2.71. The molecule has 174 valence electrons. The predicted octanol–water partition coefficient (Wildman–Crippen LogP) is 5.58. The molecule has 1 saturated carbocycles. The van der Waals surface area contributed by atoms with Gasteiger partial charge in [-0.1, -0.05) is 65.0 Å². The normalized spacial score (nSPS) is 16.2. The first-order valence-corrected chi connectivity index (χ1v) is 13.5. The maximum absolute atomic E-state index is 13.9. The Hall–Kier alpha value is -1.70. The highest BCUT2D eigenvalue weighted by atomic mass is 79.9. The third-order valence-corrected chi connectivity index (χ3v) is 8.88. The Balaban J connectivity index is 1.88. The van der Waals surface area contributed by atoms with Crippen LogP contribution in [-0.2, 0) is 14.8 Å². The molecule has 1 amide bonds. The summed E-state index contributed by atoms with van der Waals surface area (Å²) < 4.78 is 30.1. The molecule has 0 spiro atoms. The van der Waals surface area contributed by atoms with Crippen molar-refractivity contribution in [1.29, 1.82) is 0 Å². The van der Waals surface area contributed by atoms with Gasteiger partial charge in [-0.25, -0.2) is 8.42 Å². The van der Waals surface area contributed by atoms with Crippen molar-refractivity contribution in [3.05, 3.63) is 63.1 Å². The summed E-state index contributed by atoms with van der Waals surface area (Å²) in [6, 6.07) is 11.2. The van der Waals surface area contributed by atoms with Crippen molar-refractivity contribution in [2.24, 2.45) is 0 Å². The molecule has 0 radical (unpaired) electrons. The summed E-state index contributed by atoms with van der Waals surface area (Å²) in [6.07, 6.45) is 4.66. The van der Waals surface area contributed by atoms with Crippen LogP contribution < -0.4 is 5.32 Å². The summed E-state index contributed by atoms with van der Waals surface area (Å²) in [6.45, 7) is 7.38. The lowest BCUT2D eigenvalue weighted by Crippen LogP contribution is -2.47. The lowest BCUT2D eigenvalue weighted by molar-refractivity contribution is -0.122. The van der Waals surface area contributed by atoms with Crippen molar-refractivity contribution in [1.82, 2.24) is 9.62 Å². The first-order valence-electron chi connectivity index (χ1n) is 11.2. The van der Waals surface area contributed by atoms with E-state index in [1.165, 1.54) is 4.31 Å². The molecule has 1 aliphatic rings. The number of hydrogen-bond donors (Lipinski definition) is 1. The lowest BCUT2D eigenvalue weighted by Gasteiger charge is -2.34. The highest BCUT2D eigenvalue weighted by molar-refractivity contribution is 9.10. The number of carbonyl (C=O) groups excluding carboxylic acids is 1. The van der Waals surface area contributed by atoms with Crippen LogP contribution in [0.25, 0.3) is 0 Å². The number of nitrogens with one attached hydrogen (secondary N) is 1. The second-order valence-electron chi connectivity index (χ2n) is 8.91. The zero-order valence-corrected chi connectivity index (χ0v) is 21.7. The first-order chi connectivity index (χ1) is 15.1. The highest BCUT2D eigenvalue weighted by Crippen LogP contribution is 2.31. The first kappa shape index (κ1) is 24.9. The number of nitrogens with zero attached hydrogens (tertiary/aromatic N) is 1. The zero-order chi connectivity index (χ0) is 23.5. The molecular formula is C25H33BrN2O3S. The number of sulfonamides is 1. The quantitative estimate of drug-likeness (QED) is 0.518. The minimum Gasteiger partial charge on any atom is -0.348 e. The van der Waals surface area contributed by atoms with E-state index < -0.39 is 10.0 Å². The minimum absolute atomic E-state index is 0.152. The molecule has 3 rings (SSSR count). The van der Waals surface area contributed by atoms with Crippen LogP contribution in [0.15, 0.2) is 45.8 Å². The van der Waals surface area contributed by atoms with Crippen molar-refractivity contribution in [3.63, 3.8) is 0 Å². The number of carbonyl (C=O) groups is 1. The van der Waals surface area contributed by atoms with Gasteiger partial charge in [-0.15, -0.1) is 0 Å². The lowest BCUT2D eigenvalue weighted by atomic mass is 9.95. The fourth-order valence-electron chi connectivity index (χ4n) is 4.76. The molecule has 1 atom stereocenters. The van der Waals surface area contributed by atoms with Gasteiger partial charge in [0.05, 0.1) is 17.5 Å². The van der Waals surface area contributed by atoms with Crippen LogP contribution >= 0.6 is 15.9 Å². The van der Waals surface area contributed by atoms with Gasteiger partial charge < -0.3 is 5.32 Å². The van der Waals surface area contributed by atoms with E-state index in [4.69, 9.17) is 0 Å². The molecule has 0 unspecified atom stereocenters. The van der Waals surface area contributed by atoms with Gasteiger partial charge in [-0.3, -0.25) is 4.79 Å². The molecular weight excluding hydrogens is 488 g/mol. The van der Waals surface area contributed by atoms with Crippen molar-refractivity contribution in [2.75, 3.05) is 6.54 Å². The molecule has 32 heavy (non-hydrogen) atoms. The summed E-state index contributed by atoms with van der Waals surface area (Å²) in [5.74, 6) is -0.283. The summed E-state index contributed by atoms with van der Waals surface area (Å²) >= 11 is 3.46. The molecule has 2 aromatic rings. The summed E-state index contributed by atoms with van der Waals surface area (Å²) in [4.78, 5) is 13.4. The van der Waals surface area contributed by atoms with Gasteiger partial charge in [0.1, 0.15) is 0 Å². The fraction of sp³-hybridized carbons (Fsp3) is 0.480. The maximum Gasteiger partial charge on any atom is 0.244 e. The van der Waals surface area contributed by atoms with E-state index in [0.717, 1.165) is 58.8 Å². The third kappa shape index (κ3) is 5.80. The molecule has 0 saturated heterocycles. The predicted molar refractivity (Wildman–Crippen MR) is 132 cm³/mol. The molecule has 1 N–H and O–H groups in total.